The third-order valence-corrected chi connectivity index (χ3v) is 3.99. The summed E-state index contributed by atoms with van der Waals surface area (Å²) in [5, 5.41) is 6.87. The molecule has 14 heavy (non-hydrogen) atoms. The first-order valence-corrected chi connectivity index (χ1v) is 6.52. The minimum atomic E-state index is 0.734. The molecule has 0 amide bonds. The van der Waals surface area contributed by atoms with Gasteiger partial charge in [0.1, 0.15) is 0 Å². The first-order valence-electron chi connectivity index (χ1n) is 5.64. The maximum absolute atomic E-state index is 4.68. The molecule has 76 valence electrons. The van der Waals surface area contributed by atoms with Gasteiger partial charge in [0, 0.05) is 17.3 Å². The van der Waals surface area contributed by atoms with Crippen LogP contribution in [0.2, 0.25) is 0 Å². The van der Waals surface area contributed by atoms with Crippen molar-refractivity contribution in [2.45, 2.75) is 50.5 Å². The Morgan fingerprint density at radius 2 is 2.00 bits per heavy atom. The number of anilines is 1. The van der Waals surface area contributed by atoms with E-state index in [0.717, 1.165) is 17.1 Å². The van der Waals surface area contributed by atoms with Gasteiger partial charge < -0.3 is 5.32 Å². The molecule has 2 nitrogen and oxygen atoms in total. The highest BCUT2D eigenvalue weighted by atomic mass is 32.1. The second-order valence-electron chi connectivity index (χ2n) is 4.48. The van der Waals surface area contributed by atoms with Crippen molar-refractivity contribution in [3.63, 3.8) is 0 Å². The molecule has 3 heteroatoms. The van der Waals surface area contributed by atoms with E-state index in [1.165, 1.54) is 44.2 Å². The summed E-state index contributed by atoms with van der Waals surface area (Å²) < 4.78 is 0. The van der Waals surface area contributed by atoms with Crippen LogP contribution < -0.4 is 5.32 Å². The van der Waals surface area contributed by atoms with Gasteiger partial charge in [-0.1, -0.05) is 12.8 Å². The Kier molecular flexibility index (Phi) is 2.20. The van der Waals surface area contributed by atoms with Gasteiger partial charge in [0.05, 0.1) is 5.69 Å². The highest BCUT2D eigenvalue weighted by molar-refractivity contribution is 7.13. The molecule has 1 aromatic rings. The molecule has 0 aromatic carbocycles. The van der Waals surface area contributed by atoms with Crippen molar-refractivity contribution < 1.29 is 0 Å². The fourth-order valence-corrected chi connectivity index (χ4v) is 3.03. The SMILES string of the molecule is c1sc(NC2CC2)nc1C1CCCC1. The summed E-state index contributed by atoms with van der Waals surface area (Å²) in [6.07, 6.45) is 8.16. The lowest BCUT2D eigenvalue weighted by molar-refractivity contribution is 0.703. The Balaban J connectivity index is 1.68. The summed E-state index contributed by atoms with van der Waals surface area (Å²) in [6, 6.07) is 0.734. The number of nitrogens with zero attached hydrogens (tertiary/aromatic N) is 1. The predicted octanol–water partition coefficient (Wildman–Crippen LogP) is 3.38. The van der Waals surface area contributed by atoms with Gasteiger partial charge >= 0.3 is 0 Å². The molecule has 2 fully saturated rings. The molecule has 0 spiro atoms. The Bertz CT molecular complexity index is 311. The lowest BCUT2D eigenvalue weighted by Crippen LogP contribution is -2.00. The van der Waals surface area contributed by atoms with E-state index in [-0.39, 0.29) is 0 Å². The normalized spacial score (nSPS) is 22.9. The van der Waals surface area contributed by atoms with Gasteiger partial charge in [0.15, 0.2) is 5.13 Å². The summed E-state index contributed by atoms with van der Waals surface area (Å²) in [5.74, 6) is 0.765. The zero-order valence-corrected chi connectivity index (χ0v) is 9.15. The minimum Gasteiger partial charge on any atom is -0.359 e. The predicted molar refractivity (Wildman–Crippen MR) is 60.0 cm³/mol. The van der Waals surface area contributed by atoms with Crippen molar-refractivity contribution in [3.8, 4) is 0 Å². The van der Waals surface area contributed by atoms with Crippen LogP contribution in [0, 0.1) is 0 Å². The smallest absolute Gasteiger partial charge is 0.183 e. The fraction of sp³-hybridized carbons (Fsp3) is 0.727. The molecule has 0 aliphatic heterocycles. The maximum atomic E-state index is 4.68. The lowest BCUT2D eigenvalue weighted by atomic mass is 10.1. The maximum Gasteiger partial charge on any atom is 0.183 e. The van der Waals surface area contributed by atoms with E-state index in [9.17, 15) is 0 Å². The van der Waals surface area contributed by atoms with E-state index in [4.69, 9.17) is 0 Å². The van der Waals surface area contributed by atoms with Crippen molar-refractivity contribution in [1.29, 1.82) is 0 Å². The van der Waals surface area contributed by atoms with Crippen LogP contribution in [0.15, 0.2) is 5.38 Å². The van der Waals surface area contributed by atoms with Crippen LogP contribution in [-0.4, -0.2) is 11.0 Å². The number of hydrogen-bond acceptors (Lipinski definition) is 3. The molecule has 0 radical (unpaired) electrons. The average Bonchev–Trinajstić information content (AvgIpc) is 2.71. The second-order valence-corrected chi connectivity index (χ2v) is 5.34. The highest BCUT2D eigenvalue weighted by Crippen LogP contribution is 2.36. The van der Waals surface area contributed by atoms with Crippen LogP contribution in [0.5, 0.6) is 0 Å². The quantitative estimate of drug-likeness (QED) is 0.823. The number of rotatable bonds is 3. The molecule has 1 N–H and O–H groups in total. The van der Waals surface area contributed by atoms with Gasteiger partial charge in [0.25, 0.3) is 0 Å². The van der Waals surface area contributed by atoms with Crippen LogP contribution in [0.4, 0.5) is 5.13 Å². The number of nitrogens with one attached hydrogen (secondary N) is 1. The van der Waals surface area contributed by atoms with Crippen molar-refractivity contribution >= 4 is 16.5 Å². The summed E-state index contributed by atoms with van der Waals surface area (Å²) in [7, 11) is 0. The zero-order valence-electron chi connectivity index (χ0n) is 8.33. The van der Waals surface area contributed by atoms with Gasteiger partial charge in [-0.15, -0.1) is 11.3 Å². The van der Waals surface area contributed by atoms with E-state index in [0.29, 0.717) is 0 Å². The average molecular weight is 208 g/mol. The molecular weight excluding hydrogens is 192 g/mol. The Morgan fingerprint density at radius 3 is 2.71 bits per heavy atom. The summed E-state index contributed by atoms with van der Waals surface area (Å²) in [4.78, 5) is 4.68. The molecule has 1 heterocycles. The van der Waals surface area contributed by atoms with Crippen LogP contribution in [0.3, 0.4) is 0 Å². The molecule has 0 atom stereocenters. The van der Waals surface area contributed by atoms with Gasteiger partial charge in [0.2, 0.25) is 0 Å². The number of aromatic nitrogens is 1. The summed E-state index contributed by atoms with van der Waals surface area (Å²) in [5.41, 5.74) is 1.34. The van der Waals surface area contributed by atoms with Gasteiger partial charge in [-0.05, 0) is 25.7 Å². The third-order valence-electron chi connectivity index (χ3n) is 3.20. The van der Waals surface area contributed by atoms with Crippen molar-refractivity contribution in [2.24, 2.45) is 0 Å². The Labute approximate surface area is 88.7 Å². The molecule has 0 bridgehead atoms. The molecular formula is C11H16N2S. The minimum absolute atomic E-state index is 0.734. The van der Waals surface area contributed by atoms with Gasteiger partial charge in [-0.3, -0.25) is 0 Å². The van der Waals surface area contributed by atoms with E-state index >= 15 is 0 Å². The van der Waals surface area contributed by atoms with Crippen LogP contribution in [0.25, 0.3) is 0 Å². The first-order chi connectivity index (χ1) is 6.92. The Morgan fingerprint density at radius 1 is 1.21 bits per heavy atom. The topological polar surface area (TPSA) is 24.9 Å². The molecule has 3 rings (SSSR count). The molecule has 1 aromatic heterocycles. The lowest BCUT2D eigenvalue weighted by Gasteiger charge is -2.03. The van der Waals surface area contributed by atoms with Crippen LogP contribution in [0.1, 0.15) is 50.1 Å². The highest BCUT2D eigenvalue weighted by Gasteiger charge is 2.23. The van der Waals surface area contributed by atoms with Gasteiger partial charge in [-0.2, -0.15) is 0 Å². The van der Waals surface area contributed by atoms with E-state index < -0.39 is 0 Å². The fourth-order valence-electron chi connectivity index (χ4n) is 2.16. The number of hydrogen-bond donors (Lipinski definition) is 1. The van der Waals surface area contributed by atoms with E-state index in [2.05, 4.69) is 15.7 Å². The summed E-state index contributed by atoms with van der Waals surface area (Å²) >= 11 is 1.78. The Hall–Kier alpha value is -0.570. The molecule has 0 saturated heterocycles. The second kappa shape index (κ2) is 3.54. The first kappa shape index (κ1) is 8.72. The molecule has 2 aliphatic rings. The van der Waals surface area contributed by atoms with Crippen LogP contribution in [-0.2, 0) is 0 Å². The largest absolute Gasteiger partial charge is 0.359 e. The van der Waals surface area contributed by atoms with Crippen LogP contribution >= 0.6 is 11.3 Å². The monoisotopic (exact) mass is 208 g/mol. The zero-order chi connectivity index (χ0) is 9.38. The molecule has 2 saturated carbocycles. The molecule has 2 aliphatic carbocycles. The standard InChI is InChI=1S/C11H16N2S/c1-2-4-8(3-1)10-7-14-11(13-10)12-9-5-6-9/h7-9H,1-6H2,(H,12,13). The summed E-state index contributed by atoms with van der Waals surface area (Å²) in [6.45, 7) is 0. The van der Waals surface area contributed by atoms with Crippen molar-refractivity contribution in [1.82, 2.24) is 4.98 Å². The third kappa shape index (κ3) is 1.78. The van der Waals surface area contributed by atoms with Crippen molar-refractivity contribution in [3.05, 3.63) is 11.1 Å². The van der Waals surface area contributed by atoms with E-state index in [1.807, 2.05) is 0 Å². The number of thiazole rings is 1. The van der Waals surface area contributed by atoms with Gasteiger partial charge in [-0.25, -0.2) is 4.98 Å². The molecule has 0 unspecified atom stereocenters. The van der Waals surface area contributed by atoms with Crippen molar-refractivity contribution in [2.75, 3.05) is 5.32 Å². The van der Waals surface area contributed by atoms with E-state index in [1.54, 1.807) is 11.3 Å².